The van der Waals surface area contributed by atoms with Crippen LogP contribution in [0.1, 0.15) is 27.2 Å². The van der Waals surface area contributed by atoms with E-state index >= 15 is 0 Å². The fourth-order valence-corrected chi connectivity index (χ4v) is 0.995. The summed E-state index contributed by atoms with van der Waals surface area (Å²) >= 11 is 0. The summed E-state index contributed by atoms with van der Waals surface area (Å²) in [5.74, 6) is 0.219. The Balaban J connectivity index is 4.47. The molecule has 2 nitrogen and oxygen atoms in total. The van der Waals surface area contributed by atoms with Crippen molar-refractivity contribution in [2.75, 3.05) is 0 Å². The maximum atomic E-state index is 9.61. The maximum absolute atomic E-state index is 9.61. The van der Waals surface area contributed by atoms with Crippen LogP contribution in [0.25, 0.3) is 0 Å². The fourth-order valence-electron chi connectivity index (χ4n) is 0.995. The van der Waals surface area contributed by atoms with E-state index < -0.39 is 11.5 Å². The number of rotatable bonds is 4. The summed E-state index contributed by atoms with van der Waals surface area (Å²) < 4.78 is 0. The standard InChI is InChI=1S/C10H18O2/c1-5-7-9(12)10(3,4)8(11)6-2/h5-6,9,11-12H,1,7H2,2-4H3/b8-6-/t9-/m0/s1. The van der Waals surface area contributed by atoms with Gasteiger partial charge in [0.15, 0.2) is 0 Å². The molecule has 0 aromatic carbocycles. The summed E-state index contributed by atoms with van der Waals surface area (Å²) in [5, 5.41) is 19.1. The maximum Gasteiger partial charge on any atom is 0.0962 e. The van der Waals surface area contributed by atoms with Gasteiger partial charge in [-0.05, 0) is 19.4 Å². The van der Waals surface area contributed by atoms with Crippen molar-refractivity contribution in [1.29, 1.82) is 0 Å². The second kappa shape index (κ2) is 4.31. The molecule has 0 aliphatic heterocycles. The zero-order valence-corrected chi connectivity index (χ0v) is 8.04. The second-order valence-electron chi connectivity index (χ2n) is 3.44. The molecule has 0 aliphatic rings. The Kier molecular flexibility index (Phi) is 4.04. The molecule has 0 radical (unpaired) electrons. The summed E-state index contributed by atoms with van der Waals surface area (Å²) in [7, 11) is 0. The summed E-state index contributed by atoms with van der Waals surface area (Å²) in [4.78, 5) is 0. The lowest BCUT2D eigenvalue weighted by Gasteiger charge is -2.29. The van der Waals surface area contributed by atoms with E-state index in [1.165, 1.54) is 0 Å². The predicted molar refractivity (Wildman–Crippen MR) is 51.0 cm³/mol. The molecule has 0 heterocycles. The zero-order chi connectivity index (χ0) is 9.78. The van der Waals surface area contributed by atoms with E-state index in [4.69, 9.17) is 0 Å². The number of hydrogen-bond acceptors (Lipinski definition) is 2. The molecule has 0 aromatic heterocycles. The van der Waals surface area contributed by atoms with Crippen LogP contribution < -0.4 is 0 Å². The first-order chi connectivity index (χ1) is 5.46. The van der Waals surface area contributed by atoms with Crippen molar-refractivity contribution in [2.24, 2.45) is 5.41 Å². The van der Waals surface area contributed by atoms with Gasteiger partial charge >= 0.3 is 0 Å². The van der Waals surface area contributed by atoms with Gasteiger partial charge in [-0.3, -0.25) is 0 Å². The van der Waals surface area contributed by atoms with Gasteiger partial charge in [-0.1, -0.05) is 19.9 Å². The lowest BCUT2D eigenvalue weighted by atomic mass is 9.82. The van der Waals surface area contributed by atoms with Crippen LogP contribution in [-0.2, 0) is 0 Å². The third-order valence-electron chi connectivity index (χ3n) is 2.16. The highest BCUT2D eigenvalue weighted by Crippen LogP contribution is 2.30. The first kappa shape index (κ1) is 11.2. The molecular weight excluding hydrogens is 152 g/mol. The normalized spacial score (nSPS) is 15.8. The first-order valence-corrected chi connectivity index (χ1v) is 4.11. The van der Waals surface area contributed by atoms with Crippen molar-refractivity contribution in [2.45, 2.75) is 33.3 Å². The third kappa shape index (κ3) is 2.38. The van der Waals surface area contributed by atoms with Crippen LogP contribution in [0, 0.1) is 5.41 Å². The van der Waals surface area contributed by atoms with Crippen molar-refractivity contribution >= 4 is 0 Å². The molecule has 0 unspecified atom stereocenters. The van der Waals surface area contributed by atoms with Crippen LogP contribution >= 0.6 is 0 Å². The van der Waals surface area contributed by atoms with E-state index in [2.05, 4.69) is 6.58 Å². The van der Waals surface area contributed by atoms with E-state index in [1.54, 1.807) is 32.9 Å². The minimum absolute atomic E-state index is 0.219. The van der Waals surface area contributed by atoms with Crippen molar-refractivity contribution in [1.82, 2.24) is 0 Å². The monoisotopic (exact) mass is 170 g/mol. The molecule has 0 amide bonds. The van der Waals surface area contributed by atoms with Crippen molar-refractivity contribution in [3.8, 4) is 0 Å². The molecule has 0 spiro atoms. The zero-order valence-electron chi connectivity index (χ0n) is 8.04. The Morgan fingerprint density at radius 1 is 1.58 bits per heavy atom. The summed E-state index contributed by atoms with van der Waals surface area (Å²) in [6.07, 6.45) is 3.17. The highest BCUT2D eigenvalue weighted by Gasteiger charge is 2.30. The number of hydrogen-bond donors (Lipinski definition) is 2. The minimum Gasteiger partial charge on any atom is -0.512 e. The average Bonchev–Trinajstić information content (AvgIpc) is 2.03. The highest BCUT2D eigenvalue weighted by molar-refractivity contribution is 5.05. The molecule has 2 N–H and O–H groups in total. The van der Waals surface area contributed by atoms with Crippen molar-refractivity contribution in [3.63, 3.8) is 0 Å². The Bertz CT molecular complexity index is 180. The summed E-state index contributed by atoms with van der Waals surface area (Å²) in [5.41, 5.74) is -0.580. The van der Waals surface area contributed by atoms with Crippen LogP contribution in [0.15, 0.2) is 24.5 Å². The lowest BCUT2D eigenvalue weighted by Crippen LogP contribution is -2.30. The van der Waals surface area contributed by atoms with Gasteiger partial charge in [0.1, 0.15) is 0 Å². The molecule has 2 heteroatoms. The molecule has 12 heavy (non-hydrogen) atoms. The predicted octanol–water partition coefficient (Wildman–Crippen LogP) is 2.41. The molecule has 0 aliphatic carbocycles. The molecule has 1 atom stereocenters. The molecular formula is C10H18O2. The van der Waals surface area contributed by atoms with Gasteiger partial charge in [0.2, 0.25) is 0 Å². The van der Waals surface area contributed by atoms with E-state index in [1.807, 2.05) is 0 Å². The van der Waals surface area contributed by atoms with Crippen LogP contribution in [0.4, 0.5) is 0 Å². The number of allylic oxidation sites excluding steroid dienone is 1. The largest absolute Gasteiger partial charge is 0.512 e. The second-order valence-corrected chi connectivity index (χ2v) is 3.44. The van der Waals surface area contributed by atoms with Gasteiger partial charge in [-0.25, -0.2) is 0 Å². The molecule has 0 aromatic rings. The van der Waals surface area contributed by atoms with E-state index in [0.717, 1.165) is 0 Å². The van der Waals surface area contributed by atoms with Crippen molar-refractivity contribution in [3.05, 3.63) is 24.5 Å². The third-order valence-corrected chi connectivity index (χ3v) is 2.16. The Morgan fingerprint density at radius 3 is 2.42 bits per heavy atom. The van der Waals surface area contributed by atoms with Crippen LogP contribution in [0.5, 0.6) is 0 Å². The molecule has 70 valence electrons. The van der Waals surface area contributed by atoms with Gasteiger partial charge in [-0.2, -0.15) is 0 Å². The minimum atomic E-state index is -0.580. The van der Waals surface area contributed by atoms with Gasteiger partial charge in [-0.15, -0.1) is 6.58 Å². The number of aliphatic hydroxyl groups is 2. The Labute approximate surface area is 74.2 Å². The molecule has 0 saturated heterocycles. The first-order valence-electron chi connectivity index (χ1n) is 4.11. The molecule has 0 saturated carbocycles. The van der Waals surface area contributed by atoms with E-state index in [0.29, 0.717) is 6.42 Å². The Morgan fingerprint density at radius 2 is 2.08 bits per heavy atom. The summed E-state index contributed by atoms with van der Waals surface area (Å²) in [6.45, 7) is 8.89. The van der Waals surface area contributed by atoms with E-state index in [9.17, 15) is 10.2 Å². The quantitative estimate of drug-likeness (QED) is 0.502. The van der Waals surface area contributed by atoms with Crippen LogP contribution in [0.3, 0.4) is 0 Å². The fraction of sp³-hybridized carbons (Fsp3) is 0.600. The molecule has 0 rings (SSSR count). The highest BCUT2D eigenvalue weighted by atomic mass is 16.3. The number of aliphatic hydroxyl groups excluding tert-OH is 2. The smallest absolute Gasteiger partial charge is 0.0962 e. The van der Waals surface area contributed by atoms with Crippen LogP contribution in [-0.4, -0.2) is 16.3 Å². The topological polar surface area (TPSA) is 40.5 Å². The van der Waals surface area contributed by atoms with Crippen molar-refractivity contribution < 1.29 is 10.2 Å². The summed E-state index contributed by atoms with van der Waals surface area (Å²) in [6, 6.07) is 0. The van der Waals surface area contributed by atoms with Gasteiger partial charge < -0.3 is 10.2 Å². The van der Waals surface area contributed by atoms with E-state index in [-0.39, 0.29) is 5.76 Å². The van der Waals surface area contributed by atoms with Gasteiger partial charge in [0.25, 0.3) is 0 Å². The molecule has 0 fully saturated rings. The average molecular weight is 170 g/mol. The SMILES string of the molecule is C=CC[C@H](O)C(C)(C)/C(O)=C/C. The molecule has 0 bridgehead atoms. The lowest BCUT2D eigenvalue weighted by molar-refractivity contribution is 0.0486. The van der Waals surface area contributed by atoms with Gasteiger partial charge in [0, 0.05) is 5.41 Å². The van der Waals surface area contributed by atoms with Crippen LogP contribution in [0.2, 0.25) is 0 Å². The Hall–Kier alpha value is -0.760. The van der Waals surface area contributed by atoms with Gasteiger partial charge in [0.05, 0.1) is 11.9 Å².